The Morgan fingerprint density at radius 2 is 2.08 bits per heavy atom. The average Bonchev–Trinajstić information content (AvgIpc) is 3.25. The second-order valence-electron chi connectivity index (χ2n) is 6.78. The molecule has 0 bridgehead atoms. The lowest BCUT2D eigenvalue weighted by molar-refractivity contribution is -0.119. The number of amides is 1. The summed E-state index contributed by atoms with van der Waals surface area (Å²) in [5.41, 5.74) is 2.33. The zero-order valence-electron chi connectivity index (χ0n) is 15.6. The van der Waals surface area contributed by atoms with Crippen molar-refractivity contribution in [3.05, 3.63) is 35.2 Å². The molecule has 0 spiro atoms. The summed E-state index contributed by atoms with van der Waals surface area (Å²) in [6, 6.07) is 6.36. The van der Waals surface area contributed by atoms with Crippen LogP contribution in [-0.4, -0.2) is 32.5 Å². The predicted octanol–water partition coefficient (Wildman–Crippen LogP) is 3.16. The van der Waals surface area contributed by atoms with Gasteiger partial charge in [-0.1, -0.05) is 36.7 Å². The van der Waals surface area contributed by atoms with Gasteiger partial charge in [0.2, 0.25) is 5.91 Å². The molecule has 1 N–H and O–H groups in total. The van der Waals surface area contributed by atoms with E-state index in [1.807, 2.05) is 30.7 Å². The van der Waals surface area contributed by atoms with Crippen molar-refractivity contribution in [2.75, 3.05) is 5.75 Å². The SMILES string of the molecule is Cc1cccc(OCc2nnc(SCC(=O)NC3CCCC3)n2C)c1C. The number of carbonyl (C=O) groups is 1. The lowest BCUT2D eigenvalue weighted by Gasteiger charge is -2.11. The molecule has 0 aliphatic heterocycles. The Balaban J connectivity index is 1.52. The summed E-state index contributed by atoms with van der Waals surface area (Å²) in [6.07, 6.45) is 4.62. The van der Waals surface area contributed by atoms with Crippen molar-refractivity contribution in [1.29, 1.82) is 0 Å². The van der Waals surface area contributed by atoms with Crippen LogP contribution < -0.4 is 10.1 Å². The van der Waals surface area contributed by atoms with E-state index in [1.54, 1.807) is 0 Å². The Kier molecular flexibility index (Phi) is 6.19. The number of nitrogens with zero attached hydrogens (tertiary/aromatic N) is 3. The fourth-order valence-corrected chi connectivity index (χ4v) is 3.83. The molecule has 1 aromatic heterocycles. The second kappa shape index (κ2) is 8.58. The first kappa shape index (κ1) is 18.8. The van der Waals surface area contributed by atoms with Gasteiger partial charge in [-0.05, 0) is 43.9 Å². The van der Waals surface area contributed by atoms with Crippen molar-refractivity contribution < 1.29 is 9.53 Å². The van der Waals surface area contributed by atoms with Gasteiger partial charge in [0.05, 0.1) is 5.75 Å². The van der Waals surface area contributed by atoms with Crippen LogP contribution in [0.1, 0.15) is 42.6 Å². The molecule has 1 saturated carbocycles. The zero-order valence-corrected chi connectivity index (χ0v) is 16.4. The fraction of sp³-hybridized carbons (Fsp3) is 0.526. The van der Waals surface area contributed by atoms with Gasteiger partial charge in [-0.2, -0.15) is 0 Å². The molecule has 3 rings (SSSR count). The lowest BCUT2D eigenvalue weighted by atomic mass is 10.1. The maximum atomic E-state index is 12.1. The molecular weight excluding hydrogens is 348 g/mol. The number of thioether (sulfide) groups is 1. The Morgan fingerprint density at radius 3 is 2.85 bits per heavy atom. The fourth-order valence-electron chi connectivity index (χ4n) is 3.09. The van der Waals surface area contributed by atoms with Crippen LogP contribution >= 0.6 is 11.8 Å². The van der Waals surface area contributed by atoms with Gasteiger partial charge in [0, 0.05) is 13.1 Å². The van der Waals surface area contributed by atoms with E-state index in [9.17, 15) is 4.79 Å². The quantitative estimate of drug-likeness (QED) is 0.754. The monoisotopic (exact) mass is 374 g/mol. The van der Waals surface area contributed by atoms with Crippen molar-refractivity contribution in [1.82, 2.24) is 20.1 Å². The number of hydrogen-bond donors (Lipinski definition) is 1. The number of aromatic nitrogens is 3. The van der Waals surface area contributed by atoms with Gasteiger partial charge in [-0.15, -0.1) is 10.2 Å². The third-order valence-corrected chi connectivity index (χ3v) is 5.91. The van der Waals surface area contributed by atoms with Crippen LogP contribution in [-0.2, 0) is 18.4 Å². The molecule has 0 saturated heterocycles. The minimum absolute atomic E-state index is 0.0677. The van der Waals surface area contributed by atoms with Gasteiger partial charge < -0.3 is 14.6 Å². The maximum absolute atomic E-state index is 12.1. The minimum Gasteiger partial charge on any atom is -0.485 e. The van der Waals surface area contributed by atoms with Gasteiger partial charge in [0.15, 0.2) is 11.0 Å². The van der Waals surface area contributed by atoms with Crippen LogP contribution in [0.25, 0.3) is 0 Å². The van der Waals surface area contributed by atoms with Crippen LogP contribution in [0, 0.1) is 13.8 Å². The number of nitrogens with one attached hydrogen (secondary N) is 1. The standard InChI is InChI=1S/C19H26N4O2S/c1-13-7-6-10-16(14(13)2)25-11-17-21-22-19(23(17)3)26-12-18(24)20-15-8-4-5-9-15/h6-7,10,15H,4-5,8-9,11-12H2,1-3H3,(H,20,24). The van der Waals surface area contributed by atoms with Crippen LogP contribution in [0.3, 0.4) is 0 Å². The van der Waals surface area contributed by atoms with Crippen LogP contribution in [0.2, 0.25) is 0 Å². The lowest BCUT2D eigenvalue weighted by Crippen LogP contribution is -2.33. The number of hydrogen-bond acceptors (Lipinski definition) is 5. The molecule has 26 heavy (non-hydrogen) atoms. The van der Waals surface area contributed by atoms with E-state index in [1.165, 1.54) is 30.2 Å². The molecule has 7 heteroatoms. The molecular formula is C19H26N4O2S. The molecule has 140 valence electrons. The summed E-state index contributed by atoms with van der Waals surface area (Å²) >= 11 is 1.41. The molecule has 1 aromatic carbocycles. The van der Waals surface area contributed by atoms with E-state index < -0.39 is 0 Å². The first-order valence-electron chi connectivity index (χ1n) is 9.04. The molecule has 0 unspecified atom stereocenters. The third kappa shape index (κ3) is 4.58. The summed E-state index contributed by atoms with van der Waals surface area (Å²) in [4.78, 5) is 12.1. The average molecular weight is 375 g/mol. The van der Waals surface area contributed by atoms with Crippen LogP contribution in [0.4, 0.5) is 0 Å². The molecule has 1 fully saturated rings. The van der Waals surface area contributed by atoms with E-state index >= 15 is 0 Å². The van der Waals surface area contributed by atoms with Crippen LogP contribution in [0.5, 0.6) is 5.75 Å². The Morgan fingerprint density at radius 1 is 1.31 bits per heavy atom. The molecule has 1 aliphatic carbocycles. The third-order valence-electron chi connectivity index (χ3n) is 4.89. The minimum atomic E-state index is 0.0677. The smallest absolute Gasteiger partial charge is 0.230 e. The summed E-state index contributed by atoms with van der Waals surface area (Å²) in [5, 5.41) is 12.2. The maximum Gasteiger partial charge on any atom is 0.230 e. The van der Waals surface area contributed by atoms with Gasteiger partial charge in [0.1, 0.15) is 12.4 Å². The summed E-state index contributed by atoms with van der Waals surface area (Å²) in [6.45, 7) is 4.46. The topological polar surface area (TPSA) is 69.0 Å². The molecule has 2 aromatic rings. The van der Waals surface area contributed by atoms with Gasteiger partial charge in [-0.3, -0.25) is 4.79 Å². The largest absolute Gasteiger partial charge is 0.485 e. The van der Waals surface area contributed by atoms with Crippen molar-refractivity contribution in [3.63, 3.8) is 0 Å². The summed E-state index contributed by atoms with van der Waals surface area (Å²) in [5.74, 6) is 2.03. The second-order valence-corrected chi connectivity index (χ2v) is 7.72. The highest BCUT2D eigenvalue weighted by molar-refractivity contribution is 7.99. The molecule has 0 atom stereocenters. The highest BCUT2D eigenvalue weighted by Gasteiger charge is 2.18. The first-order valence-corrected chi connectivity index (χ1v) is 10.0. The Bertz CT molecular complexity index is 769. The molecule has 1 amide bonds. The van der Waals surface area contributed by atoms with Crippen molar-refractivity contribution >= 4 is 17.7 Å². The van der Waals surface area contributed by atoms with E-state index in [4.69, 9.17) is 4.74 Å². The molecule has 6 nitrogen and oxygen atoms in total. The van der Waals surface area contributed by atoms with E-state index in [-0.39, 0.29) is 5.91 Å². The number of carbonyl (C=O) groups excluding carboxylic acids is 1. The Hall–Kier alpha value is -2.02. The van der Waals surface area contributed by atoms with Gasteiger partial charge in [0.25, 0.3) is 0 Å². The highest BCUT2D eigenvalue weighted by Crippen LogP contribution is 2.22. The first-order chi connectivity index (χ1) is 12.5. The van der Waals surface area contributed by atoms with E-state index in [0.29, 0.717) is 18.4 Å². The Labute approximate surface area is 158 Å². The summed E-state index contributed by atoms with van der Waals surface area (Å²) in [7, 11) is 1.90. The molecule has 1 heterocycles. The predicted molar refractivity (Wildman–Crippen MR) is 102 cm³/mol. The summed E-state index contributed by atoms with van der Waals surface area (Å²) < 4.78 is 7.79. The number of rotatable bonds is 7. The van der Waals surface area contributed by atoms with Crippen molar-refractivity contribution in [2.24, 2.45) is 7.05 Å². The van der Waals surface area contributed by atoms with Crippen LogP contribution in [0.15, 0.2) is 23.4 Å². The van der Waals surface area contributed by atoms with E-state index in [2.05, 4.69) is 28.5 Å². The zero-order chi connectivity index (χ0) is 18.5. The van der Waals surface area contributed by atoms with Gasteiger partial charge >= 0.3 is 0 Å². The highest BCUT2D eigenvalue weighted by atomic mass is 32.2. The number of aryl methyl sites for hydroxylation is 1. The van der Waals surface area contributed by atoms with Crippen molar-refractivity contribution in [2.45, 2.75) is 57.3 Å². The number of ether oxygens (including phenoxy) is 1. The van der Waals surface area contributed by atoms with Crippen molar-refractivity contribution in [3.8, 4) is 5.75 Å². The van der Waals surface area contributed by atoms with E-state index in [0.717, 1.165) is 35.1 Å². The van der Waals surface area contributed by atoms with Gasteiger partial charge in [-0.25, -0.2) is 0 Å². The number of benzene rings is 1. The molecule has 0 radical (unpaired) electrons. The molecule has 1 aliphatic rings. The normalized spacial score (nSPS) is 14.6.